The van der Waals surface area contributed by atoms with Crippen molar-refractivity contribution in [1.82, 2.24) is 0 Å². The molecular weight excluding hydrogens is 450 g/mol. The summed E-state index contributed by atoms with van der Waals surface area (Å²) in [5.41, 5.74) is 6.94. The van der Waals surface area contributed by atoms with E-state index in [0.29, 0.717) is 17.8 Å². The summed E-state index contributed by atoms with van der Waals surface area (Å²) in [6, 6.07) is 0. The highest BCUT2D eigenvalue weighted by Gasteiger charge is 2.67. The summed E-state index contributed by atoms with van der Waals surface area (Å²) in [6.45, 7) is 6.36. The number of hydrogen-bond acceptors (Lipinski definition) is 8. The summed E-state index contributed by atoms with van der Waals surface area (Å²) in [4.78, 5) is 12.6. The number of esters is 1. The number of methoxy groups -OCH3 is 1. The first kappa shape index (κ1) is 25.9. The predicted octanol–water partition coefficient (Wildman–Crippen LogP) is 2.11. The van der Waals surface area contributed by atoms with Gasteiger partial charge in [-0.15, -0.1) is 0 Å². The van der Waals surface area contributed by atoms with E-state index in [0.717, 1.165) is 57.8 Å². The van der Waals surface area contributed by atoms with Crippen LogP contribution in [-0.2, 0) is 19.0 Å². The van der Waals surface area contributed by atoms with E-state index >= 15 is 0 Å². The van der Waals surface area contributed by atoms with Gasteiger partial charge in [-0.25, -0.2) is 0 Å². The van der Waals surface area contributed by atoms with Crippen molar-refractivity contribution in [2.75, 3.05) is 7.11 Å². The fourth-order valence-electron chi connectivity index (χ4n) is 9.25. The molecule has 1 unspecified atom stereocenters. The van der Waals surface area contributed by atoms with Gasteiger partial charge in [-0.05, 0) is 93.3 Å². The van der Waals surface area contributed by atoms with Gasteiger partial charge in [0.15, 0.2) is 6.29 Å². The van der Waals surface area contributed by atoms with Gasteiger partial charge in [0.05, 0.1) is 25.2 Å². The first-order valence-corrected chi connectivity index (χ1v) is 13.7. The number of fused-ring (bicyclic) bond motifs is 5. The smallest absolute Gasteiger partial charge is 0.309 e. The molecule has 1 aliphatic heterocycles. The lowest BCUT2D eigenvalue weighted by Crippen LogP contribution is -2.67. The highest BCUT2D eigenvalue weighted by molar-refractivity contribution is 5.74. The lowest BCUT2D eigenvalue weighted by molar-refractivity contribution is -0.309. The minimum atomic E-state index is -1.27. The molecular formula is C27H45NO7. The number of aliphatic hydroxyl groups is 3. The van der Waals surface area contributed by atoms with Crippen LogP contribution in [0.15, 0.2) is 0 Å². The molecule has 0 amide bonds. The summed E-state index contributed by atoms with van der Waals surface area (Å²) in [7, 11) is 1.49. The number of ether oxygens (including phenoxy) is 3. The molecule has 8 nitrogen and oxygen atoms in total. The molecule has 13 atom stereocenters. The Morgan fingerprint density at radius 1 is 0.943 bits per heavy atom. The average molecular weight is 496 g/mol. The van der Waals surface area contributed by atoms with Gasteiger partial charge >= 0.3 is 5.97 Å². The molecule has 8 heteroatoms. The summed E-state index contributed by atoms with van der Waals surface area (Å²) < 4.78 is 17.1. The summed E-state index contributed by atoms with van der Waals surface area (Å²) >= 11 is 0. The minimum absolute atomic E-state index is 0.0465. The minimum Gasteiger partial charge on any atom is -0.469 e. The number of carbonyl (C=O) groups is 1. The van der Waals surface area contributed by atoms with E-state index in [2.05, 4.69) is 13.8 Å². The zero-order valence-corrected chi connectivity index (χ0v) is 21.7. The third kappa shape index (κ3) is 3.73. The number of nitrogens with two attached hydrogens (primary N) is 1. The Morgan fingerprint density at radius 2 is 1.69 bits per heavy atom. The molecule has 5 rings (SSSR count). The van der Waals surface area contributed by atoms with Crippen LogP contribution in [0.4, 0.5) is 0 Å². The molecule has 0 spiro atoms. The molecule has 0 aromatic carbocycles. The quantitative estimate of drug-likeness (QED) is 0.346. The molecule has 1 saturated heterocycles. The maximum Gasteiger partial charge on any atom is 0.309 e. The van der Waals surface area contributed by atoms with Crippen molar-refractivity contribution in [3.63, 3.8) is 0 Å². The molecule has 5 fully saturated rings. The standard InChI is InChI=1S/C27H45NO7/c1-14-20(29)21(30)22(31)24(34-14)35-16-7-10-25(2)15(13-16)5-6-18-17(25)8-11-26(3)19(23(32)33-4)9-12-27(18,26)28/h14-22,24,29-31H,5-13,28H2,1-4H3/t14-,15?,16-,17-,18+,19+,20-,21+,22+,24-,25-,26+,27-/m0/s1. The Kier molecular flexibility index (Phi) is 6.59. The molecule has 5 N–H and O–H groups in total. The predicted molar refractivity (Wildman–Crippen MR) is 128 cm³/mol. The fraction of sp³-hybridized carbons (Fsp3) is 0.963. The van der Waals surface area contributed by atoms with Gasteiger partial charge in [0.25, 0.3) is 0 Å². The molecule has 4 saturated carbocycles. The largest absolute Gasteiger partial charge is 0.469 e. The topological polar surface area (TPSA) is 131 Å². The van der Waals surface area contributed by atoms with E-state index in [1.807, 2.05) is 0 Å². The van der Waals surface area contributed by atoms with Gasteiger partial charge in [-0.3, -0.25) is 4.79 Å². The van der Waals surface area contributed by atoms with E-state index in [1.54, 1.807) is 6.92 Å². The van der Waals surface area contributed by atoms with E-state index in [1.165, 1.54) is 7.11 Å². The van der Waals surface area contributed by atoms with E-state index in [-0.39, 0.29) is 34.4 Å². The lowest BCUT2D eigenvalue weighted by atomic mass is 9.42. The van der Waals surface area contributed by atoms with E-state index < -0.39 is 30.7 Å². The van der Waals surface area contributed by atoms with Crippen LogP contribution in [0.25, 0.3) is 0 Å². The number of aliphatic hydroxyl groups excluding tert-OH is 3. The van der Waals surface area contributed by atoms with Crippen LogP contribution in [-0.4, -0.2) is 70.7 Å². The second-order valence-electron chi connectivity index (χ2n) is 12.8. The van der Waals surface area contributed by atoms with Gasteiger partial charge in [0.2, 0.25) is 0 Å². The van der Waals surface area contributed by atoms with Crippen LogP contribution in [0.2, 0.25) is 0 Å². The van der Waals surface area contributed by atoms with E-state index in [4.69, 9.17) is 19.9 Å². The van der Waals surface area contributed by atoms with Crippen molar-refractivity contribution in [2.45, 2.75) is 121 Å². The second-order valence-corrected chi connectivity index (χ2v) is 12.8. The van der Waals surface area contributed by atoms with Gasteiger partial charge in [-0.2, -0.15) is 0 Å². The first-order chi connectivity index (χ1) is 16.5. The van der Waals surface area contributed by atoms with Crippen LogP contribution >= 0.6 is 0 Å². The molecule has 0 aromatic heterocycles. The fourth-order valence-corrected chi connectivity index (χ4v) is 9.25. The molecule has 0 radical (unpaired) electrons. The van der Waals surface area contributed by atoms with Crippen molar-refractivity contribution in [1.29, 1.82) is 0 Å². The zero-order chi connectivity index (χ0) is 25.3. The first-order valence-electron chi connectivity index (χ1n) is 13.7. The third-order valence-electron chi connectivity index (χ3n) is 11.6. The van der Waals surface area contributed by atoms with Crippen LogP contribution in [0.1, 0.15) is 78.6 Å². The van der Waals surface area contributed by atoms with Gasteiger partial charge in [-0.1, -0.05) is 13.8 Å². The zero-order valence-electron chi connectivity index (χ0n) is 21.7. The summed E-state index contributed by atoms with van der Waals surface area (Å²) in [6.07, 6.45) is 3.50. The Labute approximate surface area is 208 Å². The van der Waals surface area contributed by atoms with Crippen molar-refractivity contribution in [3.05, 3.63) is 0 Å². The summed E-state index contributed by atoms with van der Waals surface area (Å²) in [5, 5.41) is 30.5. The van der Waals surface area contributed by atoms with Crippen molar-refractivity contribution < 1.29 is 34.3 Å². The van der Waals surface area contributed by atoms with Crippen LogP contribution in [0.3, 0.4) is 0 Å². The maximum absolute atomic E-state index is 12.6. The monoisotopic (exact) mass is 495 g/mol. The maximum atomic E-state index is 12.6. The SMILES string of the molecule is COC(=O)[C@H]1CC[C@]2(N)[C@@H]3CCC4C[C@@H](O[C@@H]5O[C@@H](C)[C@H](O)[C@@H](O)[C@H]5O)CC[C@]4(C)[C@H]3CC[C@]12C. The molecule has 4 aliphatic carbocycles. The molecule has 1 heterocycles. The Morgan fingerprint density at radius 3 is 2.40 bits per heavy atom. The van der Waals surface area contributed by atoms with Crippen molar-refractivity contribution >= 4 is 5.97 Å². The van der Waals surface area contributed by atoms with Crippen molar-refractivity contribution in [2.24, 2.45) is 40.2 Å². The number of hydrogen-bond donors (Lipinski definition) is 4. The number of rotatable bonds is 3. The lowest BCUT2D eigenvalue weighted by Gasteiger charge is -2.64. The van der Waals surface area contributed by atoms with Crippen LogP contribution in [0.5, 0.6) is 0 Å². The highest BCUT2D eigenvalue weighted by Crippen LogP contribution is 2.68. The molecule has 0 bridgehead atoms. The molecule has 5 aliphatic rings. The molecule has 200 valence electrons. The number of carbonyl (C=O) groups excluding carboxylic acids is 1. The third-order valence-corrected chi connectivity index (χ3v) is 11.6. The Hall–Kier alpha value is -0.770. The van der Waals surface area contributed by atoms with Crippen LogP contribution in [0, 0.1) is 34.5 Å². The highest BCUT2D eigenvalue weighted by atomic mass is 16.7. The van der Waals surface area contributed by atoms with E-state index in [9.17, 15) is 20.1 Å². The second kappa shape index (κ2) is 8.91. The molecule has 35 heavy (non-hydrogen) atoms. The summed E-state index contributed by atoms with van der Waals surface area (Å²) in [5.74, 6) is 1.24. The average Bonchev–Trinajstić information content (AvgIpc) is 3.12. The Balaban J connectivity index is 1.29. The van der Waals surface area contributed by atoms with Crippen molar-refractivity contribution in [3.8, 4) is 0 Å². The molecule has 0 aromatic rings. The van der Waals surface area contributed by atoms with Gasteiger partial charge in [0, 0.05) is 5.54 Å². The van der Waals surface area contributed by atoms with Gasteiger partial charge in [0.1, 0.15) is 18.3 Å². The normalized spacial score (nSPS) is 56.0. The van der Waals surface area contributed by atoms with Crippen LogP contribution < -0.4 is 5.73 Å². The van der Waals surface area contributed by atoms with Gasteiger partial charge < -0.3 is 35.3 Å². The Bertz CT molecular complexity index is 825.